The van der Waals surface area contributed by atoms with Crippen LogP contribution >= 0.6 is 0 Å². The van der Waals surface area contributed by atoms with E-state index in [1.165, 1.54) is 5.56 Å². The van der Waals surface area contributed by atoms with Crippen LogP contribution in [0.1, 0.15) is 51.3 Å². The van der Waals surface area contributed by atoms with Gasteiger partial charge in [-0.3, -0.25) is 5.01 Å². The highest BCUT2D eigenvalue weighted by Gasteiger charge is 2.28. The molecule has 132 valence electrons. The second-order valence-electron chi connectivity index (χ2n) is 7.11. The van der Waals surface area contributed by atoms with Crippen LogP contribution in [0, 0.1) is 5.92 Å². The molecule has 2 aromatic rings. The van der Waals surface area contributed by atoms with Crippen molar-refractivity contribution < 1.29 is 0 Å². The summed E-state index contributed by atoms with van der Waals surface area (Å²) in [5, 5.41) is 6.69. The zero-order valence-electron chi connectivity index (χ0n) is 15.7. The summed E-state index contributed by atoms with van der Waals surface area (Å²) in [5.41, 5.74) is 10.9. The Morgan fingerprint density at radius 3 is 2.20 bits per heavy atom. The first kappa shape index (κ1) is 18.8. The monoisotopic (exact) mass is 335 g/mol. The number of nitrogen functional groups attached to an aromatic ring is 1. The minimum atomic E-state index is 0.193. The van der Waals surface area contributed by atoms with Gasteiger partial charge in [-0.15, -0.1) is 0 Å². The number of rotatable bonds is 3. The van der Waals surface area contributed by atoms with Crippen molar-refractivity contribution in [2.75, 3.05) is 5.73 Å². The van der Waals surface area contributed by atoms with E-state index >= 15 is 0 Å². The van der Waals surface area contributed by atoms with Gasteiger partial charge in [0.05, 0.1) is 11.7 Å². The van der Waals surface area contributed by atoms with Crippen molar-refractivity contribution in [3.63, 3.8) is 0 Å². The zero-order valence-corrected chi connectivity index (χ0v) is 15.7. The molecule has 0 aromatic heterocycles. The lowest BCUT2D eigenvalue weighted by molar-refractivity contribution is 0.350. The summed E-state index contributed by atoms with van der Waals surface area (Å²) in [6, 6.07) is 18.4. The first-order valence-corrected chi connectivity index (χ1v) is 8.81. The molecule has 1 atom stereocenters. The highest BCUT2D eigenvalue weighted by atomic mass is 15.5. The third-order valence-electron chi connectivity index (χ3n) is 3.77. The molecule has 0 saturated carbocycles. The largest absolute Gasteiger partial charge is 0.399 e. The number of anilines is 1. The van der Waals surface area contributed by atoms with Gasteiger partial charge >= 0.3 is 0 Å². The van der Waals surface area contributed by atoms with Crippen molar-refractivity contribution in [3.05, 3.63) is 72.3 Å². The predicted molar refractivity (Wildman–Crippen MR) is 109 cm³/mol. The van der Waals surface area contributed by atoms with E-state index in [4.69, 9.17) is 5.73 Å². The fourth-order valence-corrected chi connectivity index (χ4v) is 2.65. The average molecular weight is 335 g/mol. The van der Waals surface area contributed by atoms with Crippen LogP contribution in [0.25, 0.3) is 5.70 Å². The number of benzene rings is 2. The SMILES string of the molecule is C=C(c1ccccc1)N1N=C(C)CC1c1ccc(N)cc1.CC(C)C. The van der Waals surface area contributed by atoms with Crippen molar-refractivity contribution in [1.82, 2.24) is 5.01 Å². The Bertz CT molecular complexity index is 712. The van der Waals surface area contributed by atoms with E-state index in [9.17, 15) is 0 Å². The lowest BCUT2D eigenvalue weighted by Crippen LogP contribution is -2.17. The van der Waals surface area contributed by atoms with E-state index in [0.717, 1.165) is 35.0 Å². The molecule has 3 nitrogen and oxygen atoms in total. The molecule has 1 aliphatic rings. The van der Waals surface area contributed by atoms with Gasteiger partial charge in [-0.25, -0.2) is 0 Å². The molecule has 0 fully saturated rings. The van der Waals surface area contributed by atoms with Crippen LogP contribution in [-0.4, -0.2) is 10.7 Å². The molecule has 0 amide bonds. The van der Waals surface area contributed by atoms with Crippen molar-refractivity contribution in [2.24, 2.45) is 11.0 Å². The molecule has 0 saturated heterocycles. The Morgan fingerprint density at radius 2 is 1.64 bits per heavy atom. The maximum Gasteiger partial charge on any atom is 0.0828 e. The van der Waals surface area contributed by atoms with Gasteiger partial charge in [-0.05, 0) is 36.1 Å². The van der Waals surface area contributed by atoms with Gasteiger partial charge in [0.15, 0.2) is 0 Å². The lowest BCUT2D eigenvalue weighted by Gasteiger charge is -2.26. The molecular weight excluding hydrogens is 306 g/mol. The molecule has 0 radical (unpaired) electrons. The van der Waals surface area contributed by atoms with Crippen LogP contribution in [0.5, 0.6) is 0 Å². The summed E-state index contributed by atoms with van der Waals surface area (Å²) in [6.07, 6.45) is 0.912. The summed E-state index contributed by atoms with van der Waals surface area (Å²) in [4.78, 5) is 0. The minimum absolute atomic E-state index is 0.193. The molecule has 1 aliphatic heterocycles. The van der Waals surface area contributed by atoms with Gasteiger partial charge in [-0.2, -0.15) is 5.10 Å². The number of nitrogens with two attached hydrogens (primary N) is 1. The van der Waals surface area contributed by atoms with Crippen LogP contribution in [0.4, 0.5) is 5.69 Å². The topological polar surface area (TPSA) is 41.6 Å². The molecule has 3 heteroatoms. The van der Waals surface area contributed by atoms with Crippen LogP contribution in [0.15, 0.2) is 66.3 Å². The molecule has 25 heavy (non-hydrogen) atoms. The van der Waals surface area contributed by atoms with E-state index in [0.29, 0.717) is 0 Å². The number of hydrogen-bond donors (Lipinski definition) is 1. The third kappa shape index (κ3) is 5.21. The zero-order chi connectivity index (χ0) is 18.4. The van der Waals surface area contributed by atoms with Crippen molar-refractivity contribution in [1.29, 1.82) is 0 Å². The van der Waals surface area contributed by atoms with Crippen LogP contribution in [-0.2, 0) is 0 Å². The summed E-state index contributed by atoms with van der Waals surface area (Å²) >= 11 is 0. The molecule has 1 unspecified atom stereocenters. The number of hydrazone groups is 1. The fraction of sp³-hybridized carbons (Fsp3) is 0.318. The normalized spacial score (nSPS) is 16.3. The first-order valence-electron chi connectivity index (χ1n) is 8.81. The van der Waals surface area contributed by atoms with E-state index in [-0.39, 0.29) is 6.04 Å². The quantitative estimate of drug-likeness (QED) is 0.728. The number of nitrogens with zero attached hydrogens (tertiary/aromatic N) is 2. The Labute approximate surface area is 151 Å². The van der Waals surface area contributed by atoms with Gasteiger partial charge in [0.2, 0.25) is 0 Å². The Hall–Kier alpha value is -2.55. The summed E-state index contributed by atoms with van der Waals surface area (Å²) in [5.74, 6) is 0.833. The van der Waals surface area contributed by atoms with Gasteiger partial charge in [0, 0.05) is 17.8 Å². The lowest BCUT2D eigenvalue weighted by atomic mass is 10.0. The third-order valence-corrected chi connectivity index (χ3v) is 3.77. The first-order chi connectivity index (χ1) is 11.9. The van der Waals surface area contributed by atoms with Crippen molar-refractivity contribution in [2.45, 2.75) is 40.2 Å². The maximum atomic E-state index is 5.78. The highest BCUT2D eigenvalue weighted by molar-refractivity contribution is 5.85. The van der Waals surface area contributed by atoms with E-state index in [2.05, 4.69) is 63.6 Å². The molecule has 2 N–H and O–H groups in total. The van der Waals surface area contributed by atoms with Crippen LogP contribution < -0.4 is 5.73 Å². The van der Waals surface area contributed by atoms with Crippen LogP contribution in [0.2, 0.25) is 0 Å². The smallest absolute Gasteiger partial charge is 0.0828 e. The van der Waals surface area contributed by atoms with Gasteiger partial charge in [0.1, 0.15) is 0 Å². The second-order valence-corrected chi connectivity index (χ2v) is 7.11. The summed E-state index contributed by atoms with van der Waals surface area (Å²) < 4.78 is 0. The molecule has 0 aliphatic carbocycles. The van der Waals surface area contributed by atoms with E-state index in [1.807, 2.05) is 35.3 Å². The van der Waals surface area contributed by atoms with E-state index in [1.54, 1.807) is 0 Å². The minimum Gasteiger partial charge on any atom is -0.399 e. The molecular formula is C22H29N3. The molecule has 0 bridgehead atoms. The van der Waals surface area contributed by atoms with E-state index < -0.39 is 0 Å². The molecule has 1 heterocycles. The van der Waals surface area contributed by atoms with Gasteiger partial charge < -0.3 is 5.73 Å². The number of hydrogen-bond acceptors (Lipinski definition) is 3. The molecule has 2 aromatic carbocycles. The summed E-state index contributed by atoms with van der Waals surface area (Å²) in [7, 11) is 0. The highest BCUT2D eigenvalue weighted by Crippen LogP contribution is 2.36. The van der Waals surface area contributed by atoms with Crippen LogP contribution in [0.3, 0.4) is 0 Å². The van der Waals surface area contributed by atoms with Gasteiger partial charge in [0.25, 0.3) is 0 Å². The van der Waals surface area contributed by atoms with Gasteiger partial charge in [-0.1, -0.05) is 69.8 Å². The van der Waals surface area contributed by atoms with Crippen molar-refractivity contribution in [3.8, 4) is 0 Å². The predicted octanol–water partition coefficient (Wildman–Crippen LogP) is 5.72. The average Bonchev–Trinajstić information content (AvgIpc) is 2.97. The summed E-state index contributed by atoms with van der Waals surface area (Å²) in [6.45, 7) is 12.8. The standard InChI is InChI=1S/C18H19N3.C4H10/c1-13-12-18(16-8-10-17(19)11-9-16)21(20-13)14(2)15-6-4-3-5-7-15;1-4(2)3/h3-11,18H,2,12,19H2,1H3;4H,1-3H3. The van der Waals surface area contributed by atoms with Crippen molar-refractivity contribution >= 4 is 17.1 Å². The molecule has 0 spiro atoms. The Balaban J connectivity index is 0.000000511. The fourth-order valence-electron chi connectivity index (χ4n) is 2.65. The Kier molecular flexibility index (Phi) is 6.40. The second kappa shape index (κ2) is 8.52. The Morgan fingerprint density at radius 1 is 1.08 bits per heavy atom. The maximum absolute atomic E-state index is 5.78. The molecule has 3 rings (SSSR count).